The molecule has 0 aliphatic heterocycles. The SMILES string of the molecule is CC(C)n1ncnc1CC1CCCCCC1Cl. The lowest BCUT2D eigenvalue weighted by Crippen LogP contribution is -2.19. The van der Waals surface area contributed by atoms with Crippen molar-refractivity contribution in [3.63, 3.8) is 0 Å². The lowest BCUT2D eigenvalue weighted by molar-refractivity contribution is 0.423. The maximum Gasteiger partial charge on any atom is 0.138 e. The Kier molecular flexibility index (Phi) is 4.43. The molecule has 0 saturated heterocycles. The van der Waals surface area contributed by atoms with Crippen LogP contribution in [0.1, 0.15) is 57.8 Å². The monoisotopic (exact) mass is 255 g/mol. The van der Waals surface area contributed by atoms with Crippen molar-refractivity contribution in [1.29, 1.82) is 0 Å². The molecule has 0 spiro atoms. The molecule has 1 aromatic heterocycles. The first-order valence-corrected chi connectivity index (χ1v) is 7.14. The summed E-state index contributed by atoms with van der Waals surface area (Å²) in [5.41, 5.74) is 0. The van der Waals surface area contributed by atoms with Crippen molar-refractivity contribution in [2.24, 2.45) is 5.92 Å². The van der Waals surface area contributed by atoms with Crippen LogP contribution in [0.25, 0.3) is 0 Å². The Labute approximate surface area is 109 Å². The van der Waals surface area contributed by atoms with Gasteiger partial charge in [-0.25, -0.2) is 9.67 Å². The average Bonchev–Trinajstić information content (AvgIpc) is 2.66. The van der Waals surface area contributed by atoms with Gasteiger partial charge in [-0.05, 0) is 32.6 Å². The summed E-state index contributed by atoms with van der Waals surface area (Å²) in [4.78, 5) is 4.39. The molecule has 1 aliphatic rings. The topological polar surface area (TPSA) is 30.7 Å². The molecule has 2 atom stereocenters. The highest BCUT2D eigenvalue weighted by Gasteiger charge is 2.24. The van der Waals surface area contributed by atoms with E-state index in [-0.39, 0.29) is 0 Å². The third-order valence-corrected chi connectivity index (χ3v) is 4.22. The number of hydrogen-bond donors (Lipinski definition) is 0. The van der Waals surface area contributed by atoms with E-state index in [2.05, 4.69) is 23.9 Å². The molecule has 0 N–H and O–H groups in total. The van der Waals surface area contributed by atoms with Gasteiger partial charge in [-0.2, -0.15) is 5.10 Å². The van der Waals surface area contributed by atoms with Gasteiger partial charge in [0.2, 0.25) is 0 Å². The molecule has 1 heterocycles. The molecule has 4 heteroatoms. The average molecular weight is 256 g/mol. The minimum Gasteiger partial charge on any atom is -0.248 e. The fraction of sp³-hybridized carbons (Fsp3) is 0.846. The Morgan fingerprint density at radius 3 is 2.88 bits per heavy atom. The Bertz CT molecular complexity index is 348. The zero-order chi connectivity index (χ0) is 12.3. The van der Waals surface area contributed by atoms with Gasteiger partial charge in [0.1, 0.15) is 12.2 Å². The Morgan fingerprint density at radius 1 is 1.35 bits per heavy atom. The second kappa shape index (κ2) is 5.85. The number of rotatable bonds is 3. The molecular formula is C13H22ClN3. The van der Waals surface area contributed by atoms with Gasteiger partial charge in [0.05, 0.1) is 0 Å². The smallest absolute Gasteiger partial charge is 0.138 e. The molecule has 2 unspecified atom stereocenters. The van der Waals surface area contributed by atoms with E-state index < -0.39 is 0 Å². The van der Waals surface area contributed by atoms with Crippen molar-refractivity contribution in [3.8, 4) is 0 Å². The fourth-order valence-corrected chi connectivity index (χ4v) is 3.02. The van der Waals surface area contributed by atoms with Crippen LogP contribution in [0.4, 0.5) is 0 Å². The Hall–Kier alpha value is -0.570. The zero-order valence-corrected chi connectivity index (χ0v) is 11.5. The first-order valence-electron chi connectivity index (χ1n) is 6.71. The highest BCUT2D eigenvalue weighted by atomic mass is 35.5. The summed E-state index contributed by atoms with van der Waals surface area (Å²) in [6, 6.07) is 0.382. The number of aromatic nitrogens is 3. The molecule has 0 aromatic carbocycles. The lowest BCUT2D eigenvalue weighted by atomic mass is 9.95. The number of hydrogen-bond acceptors (Lipinski definition) is 2. The Morgan fingerprint density at radius 2 is 2.12 bits per heavy atom. The zero-order valence-electron chi connectivity index (χ0n) is 10.8. The largest absolute Gasteiger partial charge is 0.248 e. The summed E-state index contributed by atoms with van der Waals surface area (Å²) < 4.78 is 2.02. The van der Waals surface area contributed by atoms with E-state index in [1.165, 1.54) is 25.7 Å². The lowest BCUT2D eigenvalue weighted by Gasteiger charge is -2.20. The summed E-state index contributed by atoms with van der Waals surface area (Å²) in [5.74, 6) is 1.67. The van der Waals surface area contributed by atoms with Gasteiger partial charge in [-0.1, -0.05) is 19.3 Å². The molecule has 1 fully saturated rings. The van der Waals surface area contributed by atoms with E-state index in [1.54, 1.807) is 6.33 Å². The highest BCUT2D eigenvalue weighted by Crippen LogP contribution is 2.30. The Balaban J connectivity index is 2.05. The molecule has 0 amide bonds. The molecule has 3 nitrogen and oxygen atoms in total. The van der Waals surface area contributed by atoms with Crippen molar-refractivity contribution in [1.82, 2.24) is 14.8 Å². The van der Waals surface area contributed by atoms with Crippen LogP contribution in [-0.2, 0) is 6.42 Å². The van der Waals surface area contributed by atoms with Crippen molar-refractivity contribution in [2.45, 2.75) is 63.8 Å². The molecule has 1 saturated carbocycles. The van der Waals surface area contributed by atoms with Gasteiger partial charge >= 0.3 is 0 Å². The van der Waals surface area contributed by atoms with Crippen LogP contribution in [-0.4, -0.2) is 20.1 Å². The van der Waals surface area contributed by atoms with Crippen molar-refractivity contribution >= 4 is 11.6 Å². The van der Waals surface area contributed by atoms with E-state index >= 15 is 0 Å². The first-order chi connectivity index (χ1) is 8.18. The van der Waals surface area contributed by atoms with Crippen molar-refractivity contribution in [2.75, 3.05) is 0 Å². The van der Waals surface area contributed by atoms with Gasteiger partial charge in [0.15, 0.2) is 0 Å². The summed E-state index contributed by atoms with van der Waals surface area (Å²) in [6.07, 6.45) is 8.95. The first kappa shape index (κ1) is 12.9. The van der Waals surface area contributed by atoms with Crippen molar-refractivity contribution < 1.29 is 0 Å². The molecule has 0 bridgehead atoms. The summed E-state index contributed by atoms with van der Waals surface area (Å²) in [6.45, 7) is 4.28. The second-order valence-electron chi connectivity index (χ2n) is 5.33. The maximum absolute atomic E-state index is 6.48. The number of alkyl halides is 1. The molecular weight excluding hydrogens is 234 g/mol. The van der Waals surface area contributed by atoms with E-state index in [0.29, 0.717) is 17.3 Å². The summed E-state index contributed by atoms with van der Waals surface area (Å²) in [7, 11) is 0. The van der Waals surface area contributed by atoms with Crippen LogP contribution in [0, 0.1) is 5.92 Å². The van der Waals surface area contributed by atoms with Gasteiger partial charge in [0.25, 0.3) is 0 Å². The fourth-order valence-electron chi connectivity index (χ4n) is 2.66. The quantitative estimate of drug-likeness (QED) is 0.611. The van der Waals surface area contributed by atoms with E-state index in [9.17, 15) is 0 Å². The second-order valence-corrected chi connectivity index (χ2v) is 5.89. The van der Waals surface area contributed by atoms with Crippen LogP contribution in [0.15, 0.2) is 6.33 Å². The predicted octanol–water partition coefficient (Wildman–Crippen LogP) is 3.59. The standard InChI is InChI=1S/C13H22ClN3/c1-10(2)17-13(15-9-16-17)8-11-6-4-3-5-7-12(11)14/h9-12H,3-8H2,1-2H3. The molecule has 2 rings (SSSR count). The minimum absolute atomic E-state index is 0.315. The van der Waals surface area contributed by atoms with E-state index in [1.807, 2.05) is 4.68 Å². The highest BCUT2D eigenvalue weighted by molar-refractivity contribution is 6.20. The van der Waals surface area contributed by atoms with Gasteiger partial charge in [-0.3, -0.25) is 0 Å². The summed E-state index contributed by atoms with van der Waals surface area (Å²) >= 11 is 6.48. The van der Waals surface area contributed by atoms with E-state index in [4.69, 9.17) is 11.6 Å². The number of halogens is 1. The molecule has 1 aromatic rings. The third kappa shape index (κ3) is 3.21. The number of nitrogens with zero attached hydrogens (tertiary/aromatic N) is 3. The van der Waals surface area contributed by atoms with Crippen LogP contribution < -0.4 is 0 Å². The molecule has 17 heavy (non-hydrogen) atoms. The van der Waals surface area contributed by atoms with Gasteiger partial charge in [-0.15, -0.1) is 11.6 Å². The van der Waals surface area contributed by atoms with Gasteiger partial charge in [0, 0.05) is 17.8 Å². The maximum atomic E-state index is 6.48. The predicted molar refractivity (Wildman–Crippen MR) is 70.3 cm³/mol. The van der Waals surface area contributed by atoms with Crippen LogP contribution in [0.2, 0.25) is 0 Å². The molecule has 1 aliphatic carbocycles. The normalized spacial score (nSPS) is 26.1. The van der Waals surface area contributed by atoms with Gasteiger partial charge < -0.3 is 0 Å². The molecule has 0 radical (unpaired) electrons. The summed E-state index contributed by atoms with van der Waals surface area (Å²) in [5, 5.41) is 4.61. The minimum atomic E-state index is 0.315. The van der Waals surface area contributed by atoms with E-state index in [0.717, 1.165) is 18.7 Å². The van der Waals surface area contributed by atoms with Crippen LogP contribution in [0.5, 0.6) is 0 Å². The third-order valence-electron chi connectivity index (χ3n) is 3.65. The molecule has 96 valence electrons. The van der Waals surface area contributed by atoms with Crippen LogP contribution >= 0.6 is 11.6 Å². The van der Waals surface area contributed by atoms with Crippen LogP contribution in [0.3, 0.4) is 0 Å². The van der Waals surface area contributed by atoms with Crippen molar-refractivity contribution in [3.05, 3.63) is 12.2 Å².